The van der Waals surface area contributed by atoms with Gasteiger partial charge in [0.1, 0.15) is 0 Å². The second-order valence-electron chi connectivity index (χ2n) is 4.18. The Morgan fingerprint density at radius 3 is 3.31 bits per heavy atom. The second kappa shape index (κ2) is 4.12. The lowest BCUT2D eigenvalue weighted by Gasteiger charge is -2.33. The van der Waals surface area contributed by atoms with Crippen molar-refractivity contribution in [1.29, 1.82) is 0 Å². The molecule has 0 spiro atoms. The van der Waals surface area contributed by atoms with Gasteiger partial charge in [-0.3, -0.25) is 4.99 Å². The number of amidine groups is 1. The van der Waals surface area contributed by atoms with Crippen LogP contribution in [0.1, 0.15) is 45.4 Å². The van der Waals surface area contributed by atoms with Crippen molar-refractivity contribution in [1.82, 2.24) is 4.90 Å². The van der Waals surface area contributed by atoms with Crippen LogP contribution in [0.15, 0.2) is 4.99 Å². The number of rotatable bonds is 3. The molecule has 74 valence electrons. The Bertz CT molecular complexity index is 198. The van der Waals surface area contributed by atoms with Crippen molar-refractivity contribution in [3.05, 3.63) is 0 Å². The van der Waals surface area contributed by atoms with Crippen LogP contribution in [0, 0.1) is 0 Å². The van der Waals surface area contributed by atoms with Gasteiger partial charge in [0.15, 0.2) is 0 Å². The highest BCUT2D eigenvalue weighted by molar-refractivity contribution is 5.84. The predicted molar refractivity (Wildman–Crippen MR) is 56.2 cm³/mol. The average molecular weight is 180 g/mol. The molecule has 0 aromatic rings. The van der Waals surface area contributed by atoms with E-state index in [-0.39, 0.29) is 0 Å². The van der Waals surface area contributed by atoms with E-state index in [2.05, 4.69) is 16.8 Å². The molecule has 2 heteroatoms. The molecule has 2 nitrogen and oxygen atoms in total. The van der Waals surface area contributed by atoms with E-state index in [1.165, 1.54) is 50.9 Å². The molecule has 2 aliphatic heterocycles. The highest BCUT2D eigenvalue weighted by atomic mass is 15.2. The zero-order chi connectivity index (χ0) is 9.10. The Balaban J connectivity index is 1.93. The molecule has 13 heavy (non-hydrogen) atoms. The largest absolute Gasteiger partial charge is 0.357 e. The molecule has 0 bridgehead atoms. The summed E-state index contributed by atoms with van der Waals surface area (Å²) in [6.45, 7) is 4.63. The van der Waals surface area contributed by atoms with E-state index in [4.69, 9.17) is 0 Å². The van der Waals surface area contributed by atoms with Crippen LogP contribution in [-0.2, 0) is 0 Å². The zero-order valence-electron chi connectivity index (χ0n) is 8.63. The first-order chi connectivity index (χ1) is 6.42. The first-order valence-corrected chi connectivity index (χ1v) is 5.72. The fourth-order valence-corrected chi connectivity index (χ4v) is 2.48. The summed E-state index contributed by atoms with van der Waals surface area (Å²) in [5.74, 6) is 1.41. The third-order valence-electron chi connectivity index (χ3n) is 3.22. The molecule has 1 unspecified atom stereocenters. The van der Waals surface area contributed by atoms with Crippen LogP contribution in [0.5, 0.6) is 0 Å². The number of fused-ring (bicyclic) bond motifs is 1. The molecule has 2 rings (SSSR count). The molecule has 2 aliphatic rings. The lowest BCUT2D eigenvalue weighted by molar-refractivity contribution is 0.283. The van der Waals surface area contributed by atoms with E-state index in [0.29, 0.717) is 0 Å². The first kappa shape index (κ1) is 9.04. The van der Waals surface area contributed by atoms with Gasteiger partial charge in [0.05, 0.1) is 5.84 Å². The summed E-state index contributed by atoms with van der Waals surface area (Å²) in [4.78, 5) is 7.16. The Kier molecular flexibility index (Phi) is 2.87. The van der Waals surface area contributed by atoms with Gasteiger partial charge in [-0.05, 0) is 19.3 Å². The normalized spacial score (nSPS) is 27.3. The second-order valence-corrected chi connectivity index (χ2v) is 4.18. The van der Waals surface area contributed by atoms with Crippen LogP contribution in [0.2, 0.25) is 0 Å². The lowest BCUT2D eigenvalue weighted by atomic mass is 10.0. The Labute approximate surface area is 81.0 Å². The standard InChI is InChI=1S/C11H20N2/c1-2-3-5-10-7-8-12-11-6-4-9-13(10)11/h10H,2-9H2,1H3. The number of hydrogen-bond acceptors (Lipinski definition) is 2. The quantitative estimate of drug-likeness (QED) is 0.651. The smallest absolute Gasteiger partial charge is 0.0992 e. The van der Waals surface area contributed by atoms with Crippen LogP contribution in [0.25, 0.3) is 0 Å². The molecule has 1 saturated heterocycles. The van der Waals surface area contributed by atoms with E-state index in [1.807, 2.05) is 0 Å². The van der Waals surface area contributed by atoms with Gasteiger partial charge < -0.3 is 4.90 Å². The minimum Gasteiger partial charge on any atom is -0.357 e. The fraction of sp³-hybridized carbons (Fsp3) is 0.909. The van der Waals surface area contributed by atoms with Crippen molar-refractivity contribution in [3.8, 4) is 0 Å². The topological polar surface area (TPSA) is 15.6 Å². The van der Waals surface area contributed by atoms with Gasteiger partial charge in [0, 0.05) is 25.6 Å². The predicted octanol–water partition coefficient (Wildman–Crippen LogP) is 2.44. The maximum Gasteiger partial charge on any atom is 0.0992 e. The van der Waals surface area contributed by atoms with E-state index in [1.54, 1.807) is 0 Å². The SMILES string of the molecule is CCCCC1CCN=C2CCCN21. The molecular weight excluding hydrogens is 160 g/mol. The number of aliphatic imine (C=N–C) groups is 1. The van der Waals surface area contributed by atoms with Crippen LogP contribution >= 0.6 is 0 Å². The number of hydrogen-bond donors (Lipinski definition) is 0. The van der Waals surface area contributed by atoms with Crippen LogP contribution < -0.4 is 0 Å². The highest BCUT2D eigenvalue weighted by Gasteiger charge is 2.28. The van der Waals surface area contributed by atoms with Gasteiger partial charge in [0.2, 0.25) is 0 Å². The Morgan fingerprint density at radius 2 is 2.46 bits per heavy atom. The monoisotopic (exact) mass is 180 g/mol. The third kappa shape index (κ3) is 1.87. The minimum atomic E-state index is 0.829. The number of unbranched alkanes of at least 4 members (excludes halogenated alkanes) is 1. The van der Waals surface area contributed by atoms with Gasteiger partial charge in [-0.25, -0.2) is 0 Å². The molecule has 0 aliphatic carbocycles. The van der Waals surface area contributed by atoms with Gasteiger partial charge >= 0.3 is 0 Å². The van der Waals surface area contributed by atoms with E-state index in [0.717, 1.165) is 12.6 Å². The van der Waals surface area contributed by atoms with Crippen molar-refractivity contribution in [3.63, 3.8) is 0 Å². The van der Waals surface area contributed by atoms with Crippen molar-refractivity contribution < 1.29 is 0 Å². The van der Waals surface area contributed by atoms with E-state index >= 15 is 0 Å². The fourth-order valence-electron chi connectivity index (χ4n) is 2.48. The highest BCUT2D eigenvalue weighted by Crippen LogP contribution is 2.24. The van der Waals surface area contributed by atoms with Crippen molar-refractivity contribution in [2.24, 2.45) is 4.99 Å². The number of nitrogens with zero attached hydrogens (tertiary/aromatic N) is 2. The van der Waals surface area contributed by atoms with Crippen LogP contribution in [0.4, 0.5) is 0 Å². The van der Waals surface area contributed by atoms with Crippen LogP contribution in [-0.4, -0.2) is 29.9 Å². The molecule has 2 heterocycles. The van der Waals surface area contributed by atoms with Gasteiger partial charge in [-0.2, -0.15) is 0 Å². The van der Waals surface area contributed by atoms with E-state index < -0.39 is 0 Å². The third-order valence-corrected chi connectivity index (χ3v) is 3.22. The lowest BCUT2D eigenvalue weighted by Crippen LogP contribution is -2.39. The van der Waals surface area contributed by atoms with Crippen molar-refractivity contribution in [2.75, 3.05) is 13.1 Å². The molecule has 1 fully saturated rings. The first-order valence-electron chi connectivity index (χ1n) is 5.72. The molecule has 0 saturated carbocycles. The summed E-state index contributed by atoms with van der Waals surface area (Å²) in [7, 11) is 0. The van der Waals surface area contributed by atoms with Gasteiger partial charge in [-0.1, -0.05) is 19.8 Å². The molecule has 0 N–H and O–H groups in total. The van der Waals surface area contributed by atoms with Crippen molar-refractivity contribution >= 4 is 5.84 Å². The maximum absolute atomic E-state index is 4.59. The van der Waals surface area contributed by atoms with Crippen LogP contribution in [0.3, 0.4) is 0 Å². The molecule has 0 radical (unpaired) electrons. The summed E-state index contributed by atoms with van der Waals surface area (Å²) in [6.07, 6.45) is 7.97. The summed E-state index contributed by atoms with van der Waals surface area (Å²) >= 11 is 0. The molecule has 0 aromatic heterocycles. The van der Waals surface area contributed by atoms with Gasteiger partial charge in [-0.15, -0.1) is 0 Å². The maximum atomic E-state index is 4.59. The summed E-state index contributed by atoms with van der Waals surface area (Å²) in [5, 5.41) is 0. The van der Waals surface area contributed by atoms with Crippen molar-refractivity contribution in [2.45, 2.75) is 51.5 Å². The molecule has 0 aromatic carbocycles. The van der Waals surface area contributed by atoms with E-state index in [9.17, 15) is 0 Å². The minimum absolute atomic E-state index is 0.829. The average Bonchev–Trinajstić information content (AvgIpc) is 2.62. The molecule has 1 atom stereocenters. The molecule has 0 amide bonds. The molecular formula is C11H20N2. The Morgan fingerprint density at radius 1 is 1.54 bits per heavy atom. The summed E-state index contributed by atoms with van der Waals surface area (Å²) in [5.41, 5.74) is 0. The summed E-state index contributed by atoms with van der Waals surface area (Å²) < 4.78 is 0. The zero-order valence-corrected chi connectivity index (χ0v) is 8.63. The Hall–Kier alpha value is -0.530. The van der Waals surface area contributed by atoms with Gasteiger partial charge in [0.25, 0.3) is 0 Å². The summed E-state index contributed by atoms with van der Waals surface area (Å²) in [6, 6.07) is 0.829.